The molecule has 0 saturated heterocycles. The topological polar surface area (TPSA) is 20.2 Å². The van der Waals surface area contributed by atoms with Gasteiger partial charge in [0, 0.05) is 0 Å². The molecule has 1 N–H and O–H groups in total. The summed E-state index contributed by atoms with van der Waals surface area (Å²) in [4.78, 5) is 0. The van der Waals surface area contributed by atoms with Crippen LogP contribution in [-0.2, 0) is 0 Å². The molecule has 0 aromatic rings. The van der Waals surface area contributed by atoms with Crippen LogP contribution < -0.4 is 0 Å². The molecule has 1 nitrogen and oxygen atoms in total. The molecule has 0 aromatic carbocycles. The van der Waals surface area contributed by atoms with Crippen LogP contribution in [0.2, 0.25) is 0 Å². The maximum atomic E-state index is 9.49. The molecule has 2 fully saturated rings. The molecule has 1 heteroatoms. The van der Waals surface area contributed by atoms with E-state index in [2.05, 4.69) is 6.92 Å². The first-order valence-corrected chi connectivity index (χ1v) is 3.94. The smallest absolute Gasteiger partial charge is 0.0599 e. The van der Waals surface area contributed by atoms with Gasteiger partial charge < -0.3 is 5.11 Å². The highest BCUT2D eigenvalue weighted by Gasteiger charge is 2.57. The van der Waals surface area contributed by atoms with Crippen LogP contribution in [0.5, 0.6) is 0 Å². The molecule has 0 amide bonds. The summed E-state index contributed by atoms with van der Waals surface area (Å²) in [5.74, 6) is 0.815. The second-order valence-corrected chi connectivity index (χ2v) is 3.75. The Morgan fingerprint density at radius 3 is 2.44 bits per heavy atom. The van der Waals surface area contributed by atoms with E-state index in [1.165, 1.54) is 19.3 Å². The van der Waals surface area contributed by atoms with Crippen LogP contribution in [0.4, 0.5) is 0 Å². The Kier molecular flexibility index (Phi) is 0.963. The average Bonchev–Trinajstić information content (AvgIpc) is 2.29. The number of hydrogen-bond acceptors (Lipinski definition) is 1. The van der Waals surface area contributed by atoms with Crippen LogP contribution in [0.15, 0.2) is 0 Å². The van der Waals surface area contributed by atoms with Gasteiger partial charge in [0.15, 0.2) is 0 Å². The van der Waals surface area contributed by atoms with Crippen LogP contribution in [0.25, 0.3) is 0 Å². The zero-order valence-electron chi connectivity index (χ0n) is 5.93. The molecule has 9 heavy (non-hydrogen) atoms. The predicted octanol–water partition coefficient (Wildman–Crippen LogP) is 1.56. The summed E-state index contributed by atoms with van der Waals surface area (Å²) < 4.78 is 0. The molecule has 2 saturated carbocycles. The molecule has 0 radical (unpaired) electrons. The molecule has 1 spiro atoms. The Balaban J connectivity index is 2.12. The lowest BCUT2D eigenvalue weighted by Gasteiger charge is -2.11. The SMILES string of the molecule is CC1CC12CCCC2O. The predicted molar refractivity (Wildman–Crippen MR) is 36.1 cm³/mol. The number of aliphatic hydroxyl groups excluding tert-OH is 1. The van der Waals surface area contributed by atoms with E-state index in [1.54, 1.807) is 0 Å². The van der Waals surface area contributed by atoms with Crippen LogP contribution in [0.1, 0.15) is 32.6 Å². The lowest BCUT2D eigenvalue weighted by atomic mass is 10.0. The van der Waals surface area contributed by atoms with E-state index in [1.807, 2.05) is 0 Å². The summed E-state index contributed by atoms with van der Waals surface area (Å²) in [6.45, 7) is 2.26. The lowest BCUT2D eigenvalue weighted by Crippen LogP contribution is -2.15. The van der Waals surface area contributed by atoms with E-state index in [4.69, 9.17) is 0 Å². The van der Waals surface area contributed by atoms with Crippen LogP contribution in [0.3, 0.4) is 0 Å². The molecule has 2 aliphatic carbocycles. The third-order valence-corrected chi connectivity index (χ3v) is 3.29. The summed E-state index contributed by atoms with van der Waals surface area (Å²) in [6.07, 6.45) is 4.94. The van der Waals surface area contributed by atoms with Gasteiger partial charge in [-0.2, -0.15) is 0 Å². The molecule has 3 unspecified atom stereocenters. The van der Waals surface area contributed by atoms with Crippen molar-refractivity contribution in [2.75, 3.05) is 0 Å². The molecule has 52 valence electrons. The largest absolute Gasteiger partial charge is 0.393 e. The highest BCUT2D eigenvalue weighted by atomic mass is 16.3. The van der Waals surface area contributed by atoms with E-state index < -0.39 is 0 Å². The van der Waals surface area contributed by atoms with Crippen molar-refractivity contribution in [3.8, 4) is 0 Å². The van der Waals surface area contributed by atoms with Crippen molar-refractivity contribution >= 4 is 0 Å². The van der Waals surface area contributed by atoms with E-state index in [9.17, 15) is 5.11 Å². The molecule has 0 aliphatic heterocycles. The van der Waals surface area contributed by atoms with E-state index in [0.29, 0.717) is 5.41 Å². The third kappa shape index (κ3) is 0.586. The van der Waals surface area contributed by atoms with Crippen molar-refractivity contribution in [1.29, 1.82) is 0 Å². The second kappa shape index (κ2) is 1.51. The van der Waals surface area contributed by atoms with Crippen molar-refractivity contribution in [2.24, 2.45) is 11.3 Å². The molecular formula is C8H14O. The fourth-order valence-corrected chi connectivity index (χ4v) is 2.40. The van der Waals surface area contributed by atoms with Crippen molar-refractivity contribution in [3.63, 3.8) is 0 Å². The van der Waals surface area contributed by atoms with E-state index >= 15 is 0 Å². The third-order valence-electron chi connectivity index (χ3n) is 3.29. The quantitative estimate of drug-likeness (QED) is 0.522. The Morgan fingerprint density at radius 1 is 1.56 bits per heavy atom. The standard InChI is InChI=1S/C8H14O/c1-6-5-8(6)4-2-3-7(8)9/h6-7,9H,2-5H2,1H3. The van der Waals surface area contributed by atoms with Gasteiger partial charge in [0.2, 0.25) is 0 Å². The highest BCUT2D eigenvalue weighted by molar-refractivity contribution is 5.07. The molecule has 2 rings (SSSR count). The zero-order valence-corrected chi connectivity index (χ0v) is 5.93. The fourth-order valence-electron chi connectivity index (χ4n) is 2.40. The fraction of sp³-hybridized carbons (Fsp3) is 1.00. The van der Waals surface area contributed by atoms with Gasteiger partial charge in [0.1, 0.15) is 0 Å². The zero-order chi connectivity index (χ0) is 6.48. The van der Waals surface area contributed by atoms with Crippen molar-refractivity contribution < 1.29 is 5.11 Å². The maximum absolute atomic E-state index is 9.49. The van der Waals surface area contributed by atoms with Gasteiger partial charge in [0.05, 0.1) is 6.10 Å². The molecule has 3 atom stereocenters. The lowest BCUT2D eigenvalue weighted by molar-refractivity contribution is 0.112. The minimum atomic E-state index is 0.0486. The minimum absolute atomic E-state index is 0.0486. The second-order valence-electron chi connectivity index (χ2n) is 3.75. The molecule has 0 bridgehead atoms. The van der Waals surface area contributed by atoms with Crippen molar-refractivity contribution in [2.45, 2.75) is 38.7 Å². The Hall–Kier alpha value is -0.0400. The summed E-state index contributed by atoms with van der Waals surface area (Å²) in [5, 5.41) is 9.49. The Morgan fingerprint density at radius 2 is 2.22 bits per heavy atom. The normalized spacial score (nSPS) is 56.7. The molecular weight excluding hydrogens is 112 g/mol. The highest BCUT2D eigenvalue weighted by Crippen LogP contribution is 2.62. The van der Waals surface area contributed by atoms with Gasteiger partial charge in [-0.05, 0) is 30.6 Å². The van der Waals surface area contributed by atoms with Crippen LogP contribution in [0, 0.1) is 11.3 Å². The first-order chi connectivity index (χ1) is 4.26. The maximum Gasteiger partial charge on any atom is 0.0599 e. The summed E-state index contributed by atoms with van der Waals surface area (Å²) in [7, 11) is 0. The Bertz CT molecular complexity index is 133. The first-order valence-electron chi connectivity index (χ1n) is 3.94. The van der Waals surface area contributed by atoms with Gasteiger partial charge in [-0.25, -0.2) is 0 Å². The van der Waals surface area contributed by atoms with Gasteiger partial charge >= 0.3 is 0 Å². The minimum Gasteiger partial charge on any atom is -0.393 e. The van der Waals surface area contributed by atoms with E-state index in [-0.39, 0.29) is 6.10 Å². The van der Waals surface area contributed by atoms with Gasteiger partial charge in [-0.15, -0.1) is 0 Å². The summed E-state index contributed by atoms with van der Waals surface area (Å²) in [6, 6.07) is 0. The van der Waals surface area contributed by atoms with Gasteiger partial charge in [0.25, 0.3) is 0 Å². The van der Waals surface area contributed by atoms with E-state index in [0.717, 1.165) is 12.3 Å². The molecule has 0 heterocycles. The van der Waals surface area contributed by atoms with Crippen LogP contribution >= 0.6 is 0 Å². The van der Waals surface area contributed by atoms with Gasteiger partial charge in [-0.1, -0.05) is 13.3 Å². The van der Waals surface area contributed by atoms with Crippen molar-refractivity contribution in [3.05, 3.63) is 0 Å². The monoisotopic (exact) mass is 126 g/mol. The average molecular weight is 126 g/mol. The number of aliphatic hydroxyl groups is 1. The summed E-state index contributed by atoms with van der Waals surface area (Å²) >= 11 is 0. The Labute approximate surface area is 56.1 Å². The summed E-state index contributed by atoms with van der Waals surface area (Å²) in [5.41, 5.74) is 0.417. The number of rotatable bonds is 0. The molecule has 0 aromatic heterocycles. The number of hydrogen-bond donors (Lipinski definition) is 1. The van der Waals surface area contributed by atoms with Crippen molar-refractivity contribution in [1.82, 2.24) is 0 Å². The van der Waals surface area contributed by atoms with Gasteiger partial charge in [-0.3, -0.25) is 0 Å². The van der Waals surface area contributed by atoms with Crippen LogP contribution in [-0.4, -0.2) is 11.2 Å². The first kappa shape index (κ1) is 5.72. The molecule has 2 aliphatic rings.